The van der Waals surface area contributed by atoms with Gasteiger partial charge >= 0.3 is 0 Å². The first-order valence-corrected chi connectivity index (χ1v) is 3.66. The monoisotopic (exact) mass is 165 g/mol. The van der Waals surface area contributed by atoms with Crippen LogP contribution in [0.15, 0.2) is 5.03 Å². The molecular formula is C4H4ClNS2. The second-order valence-electron chi connectivity index (χ2n) is 1.35. The van der Waals surface area contributed by atoms with Crippen LogP contribution in [0.25, 0.3) is 0 Å². The molecule has 1 aromatic rings. The predicted octanol–water partition coefficient (Wildman–Crippen LogP) is 2.39. The van der Waals surface area contributed by atoms with Gasteiger partial charge in [-0.15, -0.1) is 24.0 Å². The van der Waals surface area contributed by atoms with E-state index in [1.165, 1.54) is 11.3 Å². The van der Waals surface area contributed by atoms with Gasteiger partial charge in [-0.25, -0.2) is 4.98 Å². The number of thiazole rings is 1. The minimum absolute atomic E-state index is 0.563. The van der Waals surface area contributed by atoms with E-state index in [0.29, 0.717) is 4.47 Å². The standard InChI is InChI=1S/C4H4ClNS2/c1-2-3(7)6-4(5)8-2/h7H,1H3. The van der Waals surface area contributed by atoms with Crippen LogP contribution in [-0.2, 0) is 0 Å². The van der Waals surface area contributed by atoms with Crippen LogP contribution in [-0.4, -0.2) is 4.98 Å². The van der Waals surface area contributed by atoms with Crippen molar-refractivity contribution in [1.82, 2.24) is 4.98 Å². The third kappa shape index (κ3) is 1.16. The summed E-state index contributed by atoms with van der Waals surface area (Å²) in [5.74, 6) is 0. The van der Waals surface area contributed by atoms with E-state index in [4.69, 9.17) is 11.6 Å². The van der Waals surface area contributed by atoms with Gasteiger partial charge in [0.15, 0.2) is 4.47 Å². The number of hydrogen-bond donors (Lipinski definition) is 1. The summed E-state index contributed by atoms with van der Waals surface area (Å²) >= 11 is 11.0. The van der Waals surface area contributed by atoms with Crippen molar-refractivity contribution < 1.29 is 0 Å². The molecular weight excluding hydrogens is 162 g/mol. The molecule has 1 heterocycles. The van der Waals surface area contributed by atoms with E-state index in [2.05, 4.69) is 17.6 Å². The predicted molar refractivity (Wildman–Crippen MR) is 39.1 cm³/mol. The van der Waals surface area contributed by atoms with Crippen molar-refractivity contribution in [1.29, 1.82) is 0 Å². The zero-order valence-electron chi connectivity index (χ0n) is 4.18. The third-order valence-corrected chi connectivity index (χ3v) is 2.41. The van der Waals surface area contributed by atoms with Gasteiger partial charge in [-0.05, 0) is 6.92 Å². The van der Waals surface area contributed by atoms with Crippen molar-refractivity contribution in [2.24, 2.45) is 0 Å². The lowest BCUT2D eigenvalue weighted by molar-refractivity contribution is 1.17. The first-order valence-electron chi connectivity index (χ1n) is 2.02. The lowest BCUT2D eigenvalue weighted by Crippen LogP contribution is -1.62. The lowest BCUT2D eigenvalue weighted by Gasteiger charge is -1.76. The molecule has 0 saturated carbocycles. The highest BCUT2D eigenvalue weighted by atomic mass is 35.5. The molecule has 0 aromatic carbocycles. The van der Waals surface area contributed by atoms with Crippen molar-refractivity contribution in [3.8, 4) is 0 Å². The van der Waals surface area contributed by atoms with Gasteiger partial charge in [0.25, 0.3) is 0 Å². The second-order valence-corrected chi connectivity index (χ2v) is 3.56. The molecule has 44 valence electrons. The summed E-state index contributed by atoms with van der Waals surface area (Å²) in [5.41, 5.74) is 0. The molecule has 1 nitrogen and oxygen atoms in total. The van der Waals surface area contributed by atoms with Gasteiger partial charge in [0.2, 0.25) is 0 Å². The Kier molecular flexibility index (Phi) is 1.80. The Labute approximate surface area is 62.1 Å². The van der Waals surface area contributed by atoms with Crippen LogP contribution < -0.4 is 0 Å². The van der Waals surface area contributed by atoms with E-state index < -0.39 is 0 Å². The van der Waals surface area contributed by atoms with Crippen LogP contribution in [0.5, 0.6) is 0 Å². The summed E-state index contributed by atoms with van der Waals surface area (Å²) in [6.45, 7) is 1.94. The van der Waals surface area contributed by atoms with E-state index in [1.807, 2.05) is 6.92 Å². The highest BCUT2D eigenvalue weighted by molar-refractivity contribution is 7.80. The van der Waals surface area contributed by atoms with Crippen LogP contribution in [0, 0.1) is 6.92 Å². The third-order valence-electron chi connectivity index (χ3n) is 0.746. The largest absolute Gasteiger partial charge is 0.218 e. The highest BCUT2D eigenvalue weighted by Gasteiger charge is 1.98. The Morgan fingerprint density at radius 2 is 2.38 bits per heavy atom. The molecule has 0 unspecified atom stereocenters. The van der Waals surface area contributed by atoms with E-state index in [1.54, 1.807) is 0 Å². The Morgan fingerprint density at radius 3 is 2.50 bits per heavy atom. The SMILES string of the molecule is Cc1sc(Cl)nc1S. The minimum atomic E-state index is 0.563. The number of hydrogen-bond acceptors (Lipinski definition) is 3. The number of rotatable bonds is 0. The van der Waals surface area contributed by atoms with Crippen LogP contribution in [0.4, 0.5) is 0 Å². The summed E-state index contributed by atoms with van der Waals surface area (Å²) in [4.78, 5) is 4.93. The molecule has 4 heteroatoms. The number of aryl methyl sites for hydroxylation is 1. The second kappa shape index (κ2) is 2.25. The quantitative estimate of drug-likeness (QED) is 0.583. The fourth-order valence-electron chi connectivity index (χ4n) is 0.357. The molecule has 0 spiro atoms. The maximum atomic E-state index is 5.52. The zero-order valence-corrected chi connectivity index (χ0v) is 6.65. The molecule has 1 aromatic heterocycles. The Morgan fingerprint density at radius 1 is 1.75 bits per heavy atom. The molecule has 0 atom stereocenters. The van der Waals surface area contributed by atoms with Gasteiger partial charge in [0.05, 0.1) is 0 Å². The average Bonchev–Trinajstić information content (AvgIpc) is 1.85. The molecule has 0 amide bonds. The van der Waals surface area contributed by atoms with Crippen molar-refractivity contribution >= 4 is 35.6 Å². The topological polar surface area (TPSA) is 12.9 Å². The Hall–Kier alpha value is 0.270. The van der Waals surface area contributed by atoms with Crippen molar-refractivity contribution in [2.45, 2.75) is 11.9 Å². The van der Waals surface area contributed by atoms with Gasteiger partial charge in [0, 0.05) is 4.88 Å². The van der Waals surface area contributed by atoms with E-state index in [9.17, 15) is 0 Å². The van der Waals surface area contributed by atoms with E-state index in [-0.39, 0.29) is 0 Å². The smallest absolute Gasteiger partial charge is 0.184 e. The molecule has 0 radical (unpaired) electrons. The molecule has 0 N–H and O–H groups in total. The van der Waals surface area contributed by atoms with Crippen molar-refractivity contribution in [3.05, 3.63) is 9.34 Å². The fourth-order valence-corrected chi connectivity index (χ4v) is 1.68. The summed E-state index contributed by atoms with van der Waals surface area (Å²) in [6.07, 6.45) is 0. The maximum Gasteiger partial charge on any atom is 0.184 e. The van der Waals surface area contributed by atoms with E-state index in [0.717, 1.165) is 9.90 Å². The number of aromatic nitrogens is 1. The summed E-state index contributed by atoms with van der Waals surface area (Å²) in [7, 11) is 0. The Balaban J connectivity index is 3.14. The van der Waals surface area contributed by atoms with Gasteiger partial charge in [-0.1, -0.05) is 11.6 Å². The summed E-state index contributed by atoms with van der Waals surface area (Å²) < 4.78 is 0.563. The maximum absolute atomic E-state index is 5.52. The molecule has 0 aliphatic carbocycles. The number of thiol groups is 1. The summed E-state index contributed by atoms with van der Waals surface area (Å²) in [6, 6.07) is 0. The van der Waals surface area contributed by atoms with Gasteiger partial charge in [-0.2, -0.15) is 0 Å². The zero-order chi connectivity index (χ0) is 6.15. The number of nitrogens with zero attached hydrogens (tertiary/aromatic N) is 1. The van der Waals surface area contributed by atoms with Gasteiger partial charge in [-0.3, -0.25) is 0 Å². The molecule has 0 fully saturated rings. The minimum Gasteiger partial charge on any atom is -0.218 e. The van der Waals surface area contributed by atoms with Crippen LogP contribution in [0.3, 0.4) is 0 Å². The molecule has 0 bridgehead atoms. The average molecular weight is 166 g/mol. The van der Waals surface area contributed by atoms with E-state index >= 15 is 0 Å². The summed E-state index contributed by atoms with van der Waals surface area (Å²) in [5, 5.41) is 0.736. The highest BCUT2D eigenvalue weighted by Crippen LogP contribution is 2.23. The number of halogens is 1. The van der Waals surface area contributed by atoms with Crippen molar-refractivity contribution in [3.63, 3.8) is 0 Å². The van der Waals surface area contributed by atoms with Crippen molar-refractivity contribution in [2.75, 3.05) is 0 Å². The first kappa shape index (κ1) is 6.39. The first-order chi connectivity index (χ1) is 3.70. The molecule has 0 saturated heterocycles. The van der Waals surface area contributed by atoms with Gasteiger partial charge in [0.1, 0.15) is 5.03 Å². The van der Waals surface area contributed by atoms with Crippen LogP contribution in [0.1, 0.15) is 4.88 Å². The molecule has 0 aliphatic rings. The molecule has 8 heavy (non-hydrogen) atoms. The fraction of sp³-hybridized carbons (Fsp3) is 0.250. The Bertz CT molecular complexity index is 176. The molecule has 0 aliphatic heterocycles. The van der Waals surface area contributed by atoms with Crippen LogP contribution >= 0.6 is 35.6 Å². The van der Waals surface area contributed by atoms with Gasteiger partial charge < -0.3 is 0 Å². The van der Waals surface area contributed by atoms with Crippen LogP contribution in [0.2, 0.25) is 4.47 Å². The molecule has 1 rings (SSSR count). The normalized spacial score (nSPS) is 9.88. The lowest BCUT2D eigenvalue weighted by atomic mass is 10.6.